The summed E-state index contributed by atoms with van der Waals surface area (Å²) in [6, 6.07) is 3.78. The Balaban J connectivity index is 3.52. The van der Waals surface area contributed by atoms with Crippen LogP contribution in [0, 0.1) is 5.82 Å². The third-order valence-corrected chi connectivity index (χ3v) is 3.32. The molecule has 14 heavy (non-hydrogen) atoms. The number of hydrogen-bond donors (Lipinski definition) is 1. The van der Waals surface area contributed by atoms with E-state index in [9.17, 15) is 13.8 Å². The van der Waals surface area contributed by atoms with Gasteiger partial charge < -0.3 is 9.67 Å². The minimum absolute atomic E-state index is 0.0741. The van der Waals surface area contributed by atoms with Crippen molar-refractivity contribution in [1.82, 2.24) is 0 Å². The smallest absolute Gasteiger partial charge is 0.339 e. The number of carboxylic acids is 1. The van der Waals surface area contributed by atoms with Crippen LogP contribution in [-0.2, 0) is 4.57 Å². The Morgan fingerprint density at radius 2 is 2.00 bits per heavy atom. The minimum atomic E-state index is -2.76. The van der Waals surface area contributed by atoms with Crippen LogP contribution in [0.2, 0.25) is 0 Å². The van der Waals surface area contributed by atoms with Gasteiger partial charge in [0.15, 0.2) is 0 Å². The van der Waals surface area contributed by atoms with Crippen LogP contribution in [0.3, 0.4) is 0 Å². The van der Waals surface area contributed by atoms with Gasteiger partial charge in [0.25, 0.3) is 0 Å². The predicted molar refractivity (Wildman–Crippen MR) is 52.4 cm³/mol. The zero-order valence-corrected chi connectivity index (χ0v) is 8.72. The lowest BCUT2D eigenvalue weighted by molar-refractivity contribution is 0.0693. The second-order valence-electron chi connectivity index (χ2n) is 3.29. The quantitative estimate of drug-likeness (QED) is 0.766. The lowest BCUT2D eigenvalue weighted by Gasteiger charge is -2.10. The van der Waals surface area contributed by atoms with Gasteiger partial charge in [-0.05, 0) is 19.4 Å². The number of aromatic carboxylic acids is 1. The first kappa shape index (κ1) is 10.9. The zero-order valence-electron chi connectivity index (χ0n) is 7.82. The van der Waals surface area contributed by atoms with E-state index >= 15 is 0 Å². The van der Waals surface area contributed by atoms with Crippen molar-refractivity contribution in [2.45, 2.75) is 0 Å². The highest BCUT2D eigenvalue weighted by Gasteiger charge is 2.23. The summed E-state index contributed by atoms with van der Waals surface area (Å²) in [5.74, 6) is -2.24. The molecular weight excluding hydrogens is 206 g/mol. The average molecular weight is 216 g/mol. The van der Waals surface area contributed by atoms with Crippen LogP contribution in [0.4, 0.5) is 4.39 Å². The highest BCUT2D eigenvalue weighted by Crippen LogP contribution is 2.36. The van der Waals surface area contributed by atoms with Gasteiger partial charge in [0.2, 0.25) is 0 Å². The monoisotopic (exact) mass is 216 g/mol. The standard InChI is InChI=1S/C9H10FO3P/c1-14(2,13)7-5-3-4-6(10)8(7)9(11)12/h3-5H,1-2H3,(H,11,12). The fraction of sp³-hybridized carbons (Fsp3) is 0.222. The summed E-state index contributed by atoms with van der Waals surface area (Å²) >= 11 is 0. The van der Waals surface area contributed by atoms with Crippen molar-refractivity contribution in [3.8, 4) is 0 Å². The second-order valence-corrected chi connectivity index (χ2v) is 6.47. The summed E-state index contributed by atoms with van der Waals surface area (Å²) in [5, 5.41) is 8.82. The summed E-state index contributed by atoms with van der Waals surface area (Å²) < 4.78 is 24.8. The number of halogens is 1. The fourth-order valence-corrected chi connectivity index (χ4v) is 2.36. The third kappa shape index (κ3) is 2.02. The van der Waals surface area contributed by atoms with Crippen LogP contribution >= 0.6 is 7.14 Å². The maximum atomic E-state index is 13.1. The first-order chi connectivity index (χ1) is 6.34. The van der Waals surface area contributed by atoms with Gasteiger partial charge in [-0.3, -0.25) is 0 Å². The van der Waals surface area contributed by atoms with Crippen LogP contribution in [-0.4, -0.2) is 24.4 Å². The molecule has 0 fully saturated rings. The van der Waals surface area contributed by atoms with Crippen molar-refractivity contribution < 1.29 is 18.9 Å². The van der Waals surface area contributed by atoms with Crippen LogP contribution < -0.4 is 5.30 Å². The zero-order chi connectivity index (χ0) is 10.9. The van der Waals surface area contributed by atoms with E-state index in [0.717, 1.165) is 6.07 Å². The van der Waals surface area contributed by atoms with Gasteiger partial charge >= 0.3 is 5.97 Å². The van der Waals surface area contributed by atoms with Crippen molar-refractivity contribution in [3.05, 3.63) is 29.6 Å². The van der Waals surface area contributed by atoms with E-state index in [1.807, 2.05) is 0 Å². The molecule has 0 unspecified atom stereocenters. The van der Waals surface area contributed by atoms with Crippen molar-refractivity contribution in [3.63, 3.8) is 0 Å². The molecule has 0 aliphatic carbocycles. The van der Waals surface area contributed by atoms with Gasteiger partial charge in [-0.1, -0.05) is 12.1 Å². The Hall–Kier alpha value is -1.15. The maximum Gasteiger partial charge on any atom is 0.339 e. The van der Waals surface area contributed by atoms with Crippen LogP contribution in [0.1, 0.15) is 10.4 Å². The predicted octanol–water partition coefficient (Wildman–Crippen LogP) is 1.77. The van der Waals surface area contributed by atoms with Gasteiger partial charge in [0.05, 0.1) is 0 Å². The van der Waals surface area contributed by atoms with Gasteiger partial charge in [0, 0.05) is 5.30 Å². The topological polar surface area (TPSA) is 54.4 Å². The molecule has 1 rings (SSSR count). The maximum absolute atomic E-state index is 13.1. The summed E-state index contributed by atoms with van der Waals surface area (Å²) in [6.45, 7) is 2.82. The molecule has 0 amide bonds. The third-order valence-electron chi connectivity index (χ3n) is 1.79. The highest BCUT2D eigenvalue weighted by atomic mass is 31.2. The molecule has 0 aliphatic rings. The lowest BCUT2D eigenvalue weighted by atomic mass is 10.2. The Bertz CT molecular complexity index is 422. The van der Waals surface area contributed by atoms with E-state index < -0.39 is 24.5 Å². The summed E-state index contributed by atoms with van der Waals surface area (Å²) in [4.78, 5) is 10.7. The van der Waals surface area contributed by atoms with Crippen molar-refractivity contribution in [1.29, 1.82) is 0 Å². The molecule has 0 saturated carbocycles. The number of carbonyl (C=O) groups is 1. The molecule has 0 bridgehead atoms. The molecule has 3 nitrogen and oxygen atoms in total. The molecule has 0 radical (unpaired) electrons. The molecular formula is C9H10FO3P. The van der Waals surface area contributed by atoms with Crippen LogP contribution in [0.5, 0.6) is 0 Å². The first-order valence-electron chi connectivity index (χ1n) is 3.91. The van der Waals surface area contributed by atoms with E-state index in [4.69, 9.17) is 5.11 Å². The highest BCUT2D eigenvalue weighted by molar-refractivity contribution is 7.70. The Morgan fingerprint density at radius 3 is 2.36 bits per heavy atom. The molecule has 5 heteroatoms. The van der Waals surface area contributed by atoms with Crippen molar-refractivity contribution >= 4 is 18.4 Å². The Morgan fingerprint density at radius 1 is 1.43 bits per heavy atom. The molecule has 1 aromatic carbocycles. The largest absolute Gasteiger partial charge is 0.478 e. The average Bonchev–Trinajstić information content (AvgIpc) is 2.01. The van der Waals surface area contributed by atoms with Gasteiger partial charge in [-0.15, -0.1) is 0 Å². The Labute approximate surface area is 80.9 Å². The number of benzene rings is 1. The summed E-state index contributed by atoms with van der Waals surface area (Å²) in [7, 11) is -2.76. The fourth-order valence-electron chi connectivity index (χ4n) is 1.17. The van der Waals surface area contributed by atoms with Crippen molar-refractivity contribution in [2.75, 3.05) is 13.3 Å². The number of hydrogen-bond acceptors (Lipinski definition) is 2. The molecule has 0 aliphatic heterocycles. The molecule has 0 atom stereocenters. The molecule has 0 saturated heterocycles. The normalized spacial score (nSPS) is 11.4. The van der Waals surface area contributed by atoms with E-state index in [0.29, 0.717) is 0 Å². The Kier molecular flexibility index (Phi) is 2.76. The summed E-state index contributed by atoms with van der Waals surface area (Å²) in [5.41, 5.74) is -0.485. The van der Waals surface area contributed by atoms with Crippen LogP contribution in [0.25, 0.3) is 0 Å². The van der Waals surface area contributed by atoms with Gasteiger partial charge in [0.1, 0.15) is 18.5 Å². The molecule has 1 N–H and O–H groups in total. The van der Waals surface area contributed by atoms with E-state index in [-0.39, 0.29) is 5.30 Å². The number of rotatable bonds is 2. The second kappa shape index (κ2) is 3.54. The molecule has 0 aromatic heterocycles. The van der Waals surface area contributed by atoms with E-state index in [1.165, 1.54) is 25.5 Å². The van der Waals surface area contributed by atoms with Gasteiger partial charge in [-0.2, -0.15) is 0 Å². The van der Waals surface area contributed by atoms with Crippen LogP contribution in [0.15, 0.2) is 18.2 Å². The number of carboxylic acid groups (broad SMARTS) is 1. The SMILES string of the molecule is CP(C)(=O)c1cccc(F)c1C(=O)O. The molecule has 1 aromatic rings. The molecule has 0 spiro atoms. The van der Waals surface area contributed by atoms with Gasteiger partial charge in [-0.25, -0.2) is 9.18 Å². The first-order valence-corrected chi connectivity index (χ1v) is 6.51. The van der Waals surface area contributed by atoms with E-state index in [2.05, 4.69) is 0 Å². The summed E-state index contributed by atoms with van der Waals surface area (Å²) in [6.07, 6.45) is 0. The van der Waals surface area contributed by atoms with E-state index in [1.54, 1.807) is 0 Å². The molecule has 76 valence electrons. The van der Waals surface area contributed by atoms with Crippen molar-refractivity contribution in [2.24, 2.45) is 0 Å². The minimum Gasteiger partial charge on any atom is -0.478 e. The lowest BCUT2D eigenvalue weighted by Crippen LogP contribution is -2.17. The molecule has 0 heterocycles.